The quantitative estimate of drug-likeness (QED) is 0.397. The molecule has 0 bridgehead atoms. The smallest absolute Gasteiger partial charge is 0.291 e. The van der Waals surface area contributed by atoms with Crippen LogP contribution in [0.1, 0.15) is 34.0 Å². The number of nitrogens with one attached hydrogen (secondary N) is 4. The number of H-pyrrole nitrogens is 1. The van der Waals surface area contributed by atoms with Crippen LogP contribution in [0.5, 0.6) is 0 Å². The summed E-state index contributed by atoms with van der Waals surface area (Å²) in [5.41, 5.74) is 2.91. The molecule has 1 amide bonds. The van der Waals surface area contributed by atoms with E-state index >= 15 is 0 Å². The van der Waals surface area contributed by atoms with Crippen molar-refractivity contribution in [1.82, 2.24) is 20.5 Å². The van der Waals surface area contributed by atoms with Gasteiger partial charge in [-0.2, -0.15) is 0 Å². The zero-order valence-corrected chi connectivity index (χ0v) is 15.7. The van der Waals surface area contributed by atoms with E-state index in [9.17, 15) is 4.79 Å². The fraction of sp³-hybridized carbons (Fsp3) is 0.190. The van der Waals surface area contributed by atoms with Gasteiger partial charge in [-0.15, -0.1) is 5.10 Å². The van der Waals surface area contributed by atoms with Crippen LogP contribution in [0.15, 0.2) is 54.6 Å². The Labute approximate surface area is 168 Å². The van der Waals surface area contributed by atoms with Gasteiger partial charge < -0.3 is 5.32 Å². The number of benzene rings is 2. The van der Waals surface area contributed by atoms with Gasteiger partial charge >= 0.3 is 0 Å². The summed E-state index contributed by atoms with van der Waals surface area (Å²) in [5.74, 6) is 0.363. The maximum Gasteiger partial charge on any atom is 0.291 e. The molecule has 0 saturated heterocycles. The summed E-state index contributed by atoms with van der Waals surface area (Å²) in [6.07, 6.45) is 2.92. The van der Waals surface area contributed by atoms with Crippen molar-refractivity contribution in [2.75, 3.05) is 4.90 Å². The molecule has 4 rings (SSSR count). The van der Waals surface area contributed by atoms with E-state index < -0.39 is 11.9 Å². The number of para-hydroxylation sites is 1. The zero-order valence-electron chi connectivity index (χ0n) is 15.7. The number of hydrogen-bond donors (Lipinski definition) is 4. The van der Waals surface area contributed by atoms with Gasteiger partial charge in [-0.1, -0.05) is 48.5 Å². The van der Waals surface area contributed by atoms with Crippen molar-refractivity contribution >= 4 is 23.8 Å². The van der Waals surface area contributed by atoms with Gasteiger partial charge in [-0.3, -0.25) is 25.6 Å². The monoisotopic (exact) mass is 387 g/mol. The number of amides is 1. The first kappa shape index (κ1) is 18.5. The first-order valence-electron chi connectivity index (χ1n) is 9.38. The van der Waals surface area contributed by atoms with Gasteiger partial charge in [0.1, 0.15) is 11.7 Å². The molecule has 0 saturated carbocycles. The number of carbonyl (C=O) groups excluding carboxylic acids is 1. The molecule has 0 spiro atoms. The Kier molecular flexibility index (Phi) is 5.15. The number of rotatable bonds is 5. The van der Waals surface area contributed by atoms with E-state index in [1.54, 1.807) is 0 Å². The molecule has 3 aromatic rings. The Bertz CT molecular complexity index is 1040. The summed E-state index contributed by atoms with van der Waals surface area (Å²) in [6, 6.07) is 17.0. The highest BCUT2D eigenvalue weighted by Gasteiger charge is 2.28. The van der Waals surface area contributed by atoms with E-state index in [0.717, 1.165) is 23.2 Å². The highest BCUT2D eigenvalue weighted by molar-refractivity contribution is 6.13. The van der Waals surface area contributed by atoms with Crippen molar-refractivity contribution in [2.24, 2.45) is 0 Å². The third-order valence-corrected chi connectivity index (χ3v) is 4.93. The lowest BCUT2D eigenvalue weighted by atomic mass is 10.1. The topological polar surface area (TPSA) is 122 Å². The Morgan fingerprint density at radius 1 is 1.21 bits per heavy atom. The summed E-state index contributed by atoms with van der Waals surface area (Å²) in [7, 11) is 0. The SMILES string of the molecule is N=CN1C(=N)[C@H](NC(=O)c2n[nH]c(Cc3ccccc3)n2)CCc2ccccc21. The highest BCUT2D eigenvalue weighted by atomic mass is 16.2. The second-order valence-corrected chi connectivity index (χ2v) is 6.85. The van der Waals surface area contributed by atoms with Crippen molar-refractivity contribution < 1.29 is 4.79 Å². The first-order chi connectivity index (χ1) is 14.2. The van der Waals surface area contributed by atoms with E-state index in [4.69, 9.17) is 10.8 Å². The number of anilines is 1. The predicted molar refractivity (Wildman–Crippen MR) is 111 cm³/mol. The molecule has 1 atom stereocenters. The molecular weight excluding hydrogens is 366 g/mol. The number of nitrogens with zero attached hydrogens (tertiary/aromatic N) is 3. The van der Waals surface area contributed by atoms with E-state index in [2.05, 4.69) is 20.5 Å². The molecule has 1 aliphatic heterocycles. The van der Waals surface area contributed by atoms with Crippen molar-refractivity contribution in [3.05, 3.63) is 77.4 Å². The molecule has 0 unspecified atom stereocenters. The lowest BCUT2D eigenvalue weighted by molar-refractivity contribution is 0.0935. The van der Waals surface area contributed by atoms with Crippen molar-refractivity contribution in [3.8, 4) is 0 Å². The van der Waals surface area contributed by atoms with Crippen LogP contribution in [-0.4, -0.2) is 39.3 Å². The van der Waals surface area contributed by atoms with Crippen LogP contribution in [0.2, 0.25) is 0 Å². The summed E-state index contributed by atoms with van der Waals surface area (Å²) < 4.78 is 0. The van der Waals surface area contributed by atoms with Crippen LogP contribution in [0.3, 0.4) is 0 Å². The Morgan fingerprint density at radius 3 is 2.76 bits per heavy atom. The van der Waals surface area contributed by atoms with Crippen molar-refractivity contribution in [1.29, 1.82) is 10.8 Å². The van der Waals surface area contributed by atoms with E-state index in [1.165, 1.54) is 4.90 Å². The fourth-order valence-electron chi connectivity index (χ4n) is 3.46. The number of amidine groups is 1. The normalized spacial score (nSPS) is 16.1. The molecule has 8 heteroatoms. The number of fused-ring (bicyclic) bond motifs is 1. The molecule has 1 aliphatic rings. The minimum Gasteiger partial charge on any atom is -0.339 e. The van der Waals surface area contributed by atoms with Crippen LogP contribution in [0.4, 0.5) is 5.69 Å². The second kappa shape index (κ2) is 8.05. The fourth-order valence-corrected chi connectivity index (χ4v) is 3.46. The number of hydrogen-bond acceptors (Lipinski definition) is 5. The first-order valence-corrected chi connectivity index (χ1v) is 9.38. The van der Waals surface area contributed by atoms with E-state index in [1.807, 2.05) is 54.6 Å². The van der Waals surface area contributed by atoms with E-state index in [-0.39, 0.29) is 11.7 Å². The van der Waals surface area contributed by atoms with Crippen LogP contribution in [0.25, 0.3) is 0 Å². The molecule has 2 aromatic carbocycles. The molecule has 1 aromatic heterocycles. The molecule has 0 radical (unpaired) electrons. The van der Waals surface area contributed by atoms with Gasteiger partial charge in [0.2, 0.25) is 5.82 Å². The van der Waals surface area contributed by atoms with Crippen LogP contribution in [-0.2, 0) is 12.8 Å². The number of carbonyl (C=O) groups is 1. The van der Waals surface area contributed by atoms with E-state index in [0.29, 0.717) is 25.1 Å². The third-order valence-electron chi connectivity index (χ3n) is 4.93. The largest absolute Gasteiger partial charge is 0.339 e. The van der Waals surface area contributed by atoms with Crippen molar-refractivity contribution in [2.45, 2.75) is 25.3 Å². The van der Waals surface area contributed by atoms with Gasteiger partial charge in [-0.25, -0.2) is 4.98 Å². The van der Waals surface area contributed by atoms with Gasteiger partial charge in [-0.05, 0) is 30.0 Å². The predicted octanol–water partition coefficient (Wildman–Crippen LogP) is 2.53. The minimum atomic E-state index is -0.535. The molecule has 8 nitrogen and oxygen atoms in total. The minimum absolute atomic E-state index is 0.0481. The molecule has 0 aliphatic carbocycles. The van der Waals surface area contributed by atoms with Crippen LogP contribution < -0.4 is 10.2 Å². The van der Waals surface area contributed by atoms with Crippen molar-refractivity contribution in [3.63, 3.8) is 0 Å². The Morgan fingerprint density at radius 2 is 1.97 bits per heavy atom. The lowest BCUT2D eigenvalue weighted by Crippen LogP contribution is -2.47. The number of aromatic amines is 1. The van der Waals surface area contributed by atoms with Crippen LogP contribution >= 0.6 is 0 Å². The molecule has 29 heavy (non-hydrogen) atoms. The highest BCUT2D eigenvalue weighted by Crippen LogP contribution is 2.26. The standard InChI is InChI=1S/C21H21N7O/c22-13-28-17-9-5-4-8-15(17)10-11-16(19(28)23)24-21(29)20-25-18(26-27-20)12-14-6-2-1-3-7-14/h1-9,13,16,22-23H,10-12H2,(H,24,29)(H,25,26,27)/t16-/m1/s1. The summed E-state index contributed by atoms with van der Waals surface area (Å²) >= 11 is 0. The molecule has 4 N–H and O–H groups in total. The molecule has 2 heterocycles. The Balaban J connectivity index is 1.47. The second-order valence-electron chi connectivity index (χ2n) is 6.85. The average molecular weight is 387 g/mol. The maximum atomic E-state index is 12.7. The summed E-state index contributed by atoms with van der Waals surface area (Å²) in [6.45, 7) is 0. The van der Waals surface area contributed by atoms with Gasteiger partial charge in [0.15, 0.2) is 0 Å². The lowest BCUT2D eigenvalue weighted by Gasteiger charge is -2.24. The average Bonchev–Trinajstić information content (AvgIpc) is 3.16. The third kappa shape index (κ3) is 3.91. The summed E-state index contributed by atoms with van der Waals surface area (Å²) in [5, 5.41) is 25.9. The van der Waals surface area contributed by atoms with Gasteiger partial charge in [0, 0.05) is 6.42 Å². The van der Waals surface area contributed by atoms with Gasteiger partial charge in [0.25, 0.3) is 5.91 Å². The zero-order chi connectivity index (χ0) is 20.2. The molecular formula is C21H21N7O. The summed E-state index contributed by atoms with van der Waals surface area (Å²) in [4.78, 5) is 18.5. The number of aromatic nitrogens is 3. The molecule has 0 fully saturated rings. The van der Waals surface area contributed by atoms with Gasteiger partial charge in [0.05, 0.1) is 18.1 Å². The molecule has 146 valence electrons. The Hall–Kier alpha value is -3.81. The maximum absolute atomic E-state index is 12.7. The van der Waals surface area contributed by atoms with Crippen LogP contribution in [0, 0.1) is 10.8 Å². The number of aryl methyl sites for hydroxylation is 1.